The molecule has 0 spiro atoms. The van der Waals surface area contributed by atoms with Gasteiger partial charge >= 0.3 is 6.85 Å². The molecular formula is C67H69BN2. The zero-order valence-electron chi connectivity index (χ0n) is 43.1. The van der Waals surface area contributed by atoms with Crippen LogP contribution < -0.4 is 10.9 Å². The summed E-state index contributed by atoms with van der Waals surface area (Å²) in [6.45, 7) is 19.6. The highest BCUT2D eigenvalue weighted by Crippen LogP contribution is 2.64. The Labute approximate surface area is 415 Å². The van der Waals surface area contributed by atoms with Gasteiger partial charge < -0.3 is 9.05 Å². The summed E-state index contributed by atoms with van der Waals surface area (Å²) in [6, 6.07) is 38.8. The van der Waals surface area contributed by atoms with Crippen LogP contribution >= 0.6 is 0 Å². The van der Waals surface area contributed by atoms with E-state index in [0.717, 1.165) is 35.5 Å². The molecule has 2 aromatic heterocycles. The average molecular weight is 913 g/mol. The molecule has 4 heterocycles. The number of nitrogens with zero attached hydrogens (tertiary/aromatic N) is 2. The maximum Gasteiger partial charge on any atom is 0.333 e. The van der Waals surface area contributed by atoms with Crippen LogP contribution in [-0.2, 0) is 27.1 Å². The van der Waals surface area contributed by atoms with Gasteiger partial charge in [0.1, 0.15) is 0 Å². The van der Waals surface area contributed by atoms with E-state index in [1.807, 2.05) is 0 Å². The first kappa shape index (κ1) is 40.6. The first-order valence-corrected chi connectivity index (χ1v) is 28.1. The smallest absolute Gasteiger partial charge is 0.333 e. The van der Waals surface area contributed by atoms with E-state index in [1.54, 1.807) is 27.6 Å². The summed E-state index contributed by atoms with van der Waals surface area (Å²) >= 11 is 0. The minimum Gasteiger partial charge on any atom is -0.375 e. The number of rotatable bonds is 2. The second kappa shape index (κ2) is 12.6. The van der Waals surface area contributed by atoms with Gasteiger partial charge in [-0.25, -0.2) is 0 Å². The van der Waals surface area contributed by atoms with Gasteiger partial charge in [0.15, 0.2) is 0 Å². The lowest BCUT2D eigenvalue weighted by Crippen LogP contribution is -2.56. The van der Waals surface area contributed by atoms with Crippen molar-refractivity contribution in [3.05, 3.63) is 124 Å². The molecule has 19 rings (SSSR count). The lowest BCUT2D eigenvalue weighted by molar-refractivity contribution is -0.00527. The molecule has 0 saturated heterocycles. The van der Waals surface area contributed by atoms with Gasteiger partial charge in [-0.3, -0.25) is 0 Å². The molecule has 0 unspecified atom stereocenters. The van der Waals surface area contributed by atoms with E-state index >= 15 is 0 Å². The third kappa shape index (κ3) is 4.91. The van der Waals surface area contributed by atoms with E-state index in [9.17, 15) is 0 Å². The molecular weight excluding hydrogens is 844 g/mol. The maximum atomic E-state index is 2.95. The summed E-state index contributed by atoms with van der Waals surface area (Å²) < 4.78 is 5.72. The molecule has 8 bridgehead atoms. The van der Waals surface area contributed by atoms with Gasteiger partial charge in [-0.1, -0.05) is 97.9 Å². The average Bonchev–Trinajstić information content (AvgIpc) is 3.90. The first-order chi connectivity index (χ1) is 33.5. The quantitative estimate of drug-likeness (QED) is 0.153. The number of aromatic nitrogens is 2. The zero-order valence-corrected chi connectivity index (χ0v) is 43.1. The maximum absolute atomic E-state index is 2.95. The van der Waals surface area contributed by atoms with Gasteiger partial charge in [-0.15, -0.1) is 0 Å². The monoisotopic (exact) mass is 913 g/mol. The van der Waals surface area contributed by atoms with Gasteiger partial charge in [0.25, 0.3) is 0 Å². The van der Waals surface area contributed by atoms with Crippen molar-refractivity contribution in [2.24, 2.45) is 35.5 Å². The standard InChI is InChI=1S/C67H69BN2/c1-63(2,3)42-13-15-55-47(23-42)51-25-44(64(4,5)6)28-54-62(51)69(55)57-29-49-46-11-9-10-12-53(46)65(7,8)59(49)58-52-27-45(67-33-39-20-40(34-67)22-41(21-39)35-67)26-50-48-24-43(14-16-56(48)70(61(50)52)68(54)60(57)58)66-30-36-17-37(31-66)19-38(18-36)32-66/h9-16,23-29,36-41H,17-22,30-35H2,1-8H3. The van der Waals surface area contributed by atoms with Crippen molar-refractivity contribution in [3.8, 4) is 27.9 Å². The van der Waals surface area contributed by atoms with Crippen molar-refractivity contribution < 1.29 is 0 Å². The summed E-state index contributed by atoms with van der Waals surface area (Å²) in [6.07, 6.45) is 17.3. The summed E-state index contributed by atoms with van der Waals surface area (Å²) in [7, 11) is 0. The Morgan fingerprint density at radius 1 is 0.500 bits per heavy atom. The van der Waals surface area contributed by atoms with Gasteiger partial charge in [0.05, 0.1) is 11.0 Å². The number of benzene rings is 6. The second-order valence-corrected chi connectivity index (χ2v) is 28.6. The Morgan fingerprint density at radius 2 is 1.06 bits per heavy atom. The van der Waals surface area contributed by atoms with Gasteiger partial charge in [0.2, 0.25) is 0 Å². The van der Waals surface area contributed by atoms with E-state index in [0.29, 0.717) is 5.41 Å². The van der Waals surface area contributed by atoms with Crippen molar-refractivity contribution >= 4 is 61.4 Å². The Morgan fingerprint density at radius 3 is 1.70 bits per heavy atom. The van der Waals surface area contributed by atoms with Gasteiger partial charge in [-0.05, 0) is 244 Å². The van der Waals surface area contributed by atoms with Crippen molar-refractivity contribution in [2.45, 2.75) is 160 Å². The summed E-state index contributed by atoms with van der Waals surface area (Å²) in [5, 5.41) is 5.89. The van der Waals surface area contributed by atoms with E-state index in [1.165, 1.54) is 165 Å². The fourth-order valence-corrected chi connectivity index (χ4v) is 19.9. The molecule has 0 radical (unpaired) electrons. The molecule has 70 heavy (non-hydrogen) atoms. The molecule has 8 saturated carbocycles. The lowest BCUT2D eigenvalue weighted by Gasteiger charge is -2.57. The predicted octanol–water partition coefficient (Wildman–Crippen LogP) is 15.7. The molecule has 9 aliphatic carbocycles. The third-order valence-corrected chi connectivity index (χ3v) is 22.0. The molecule has 6 aromatic carbocycles. The Bertz CT molecular complexity index is 3670. The second-order valence-electron chi connectivity index (χ2n) is 28.6. The molecule has 8 aromatic rings. The van der Waals surface area contributed by atoms with Crippen LogP contribution in [0.25, 0.3) is 71.6 Å². The van der Waals surface area contributed by atoms with Crippen LogP contribution in [0.5, 0.6) is 0 Å². The van der Waals surface area contributed by atoms with Crippen LogP contribution in [0.4, 0.5) is 0 Å². The van der Waals surface area contributed by atoms with Crippen molar-refractivity contribution in [2.75, 3.05) is 0 Å². The molecule has 350 valence electrons. The van der Waals surface area contributed by atoms with E-state index in [-0.39, 0.29) is 28.5 Å². The van der Waals surface area contributed by atoms with Crippen LogP contribution in [0.2, 0.25) is 0 Å². The van der Waals surface area contributed by atoms with Crippen molar-refractivity contribution in [1.82, 2.24) is 9.05 Å². The summed E-state index contributed by atoms with van der Waals surface area (Å²) in [5.41, 5.74) is 25.8. The Kier molecular flexibility index (Phi) is 7.30. The van der Waals surface area contributed by atoms with Crippen LogP contribution in [0.15, 0.2) is 91.0 Å². The normalized spacial score (nSPS) is 30.1. The highest BCUT2D eigenvalue weighted by Gasteiger charge is 2.55. The fraction of sp³-hybridized carbons (Fsp3) is 0.463. The molecule has 3 heteroatoms. The predicted molar refractivity (Wildman–Crippen MR) is 294 cm³/mol. The molecule has 0 atom stereocenters. The molecule has 11 aliphatic rings. The van der Waals surface area contributed by atoms with Crippen LogP contribution in [0.1, 0.15) is 166 Å². The van der Waals surface area contributed by atoms with Gasteiger partial charge in [-0.2, -0.15) is 0 Å². The molecule has 2 nitrogen and oxygen atoms in total. The van der Waals surface area contributed by atoms with Crippen molar-refractivity contribution in [1.29, 1.82) is 0 Å². The lowest BCUT2D eigenvalue weighted by atomic mass is 9.44. The number of fused-ring (bicyclic) bond motifs is 14. The van der Waals surface area contributed by atoms with Crippen LogP contribution in [0.3, 0.4) is 0 Å². The topological polar surface area (TPSA) is 9.86 Å². The largest absolute Gasteiger partial charge is 0.375 e. The first-order valence-electron chi connectivity index (χ1n) is 28.1. The SMILES string of the molecule is CC(C)(C)c1ccc2c(c1)c1cc(C(C)(C)C)cc3c1n2-c1cc2c(c4c1B3n1c3ccc(C56CC7CC(CC(C7)C5)C6)cc3c3cc(C56CC7CC(CC(C7)C5)C6)cc-4c31)C(C)(C)c1ccccc1-2. The van der Waals surface area contributed by atoms with Crippen LogP contribution in [-0.4, -0.2) is 15.9 Å². The molecule has 0 amide bonds. The van der Waals surface area contributed by atoms with Crippen LogP contribution in [0, 0.1) is 35.5 Å². The number of hydrogen-bond acceptors (Lipinski definition) is 0. The zero-order chi connectivity index (χ0) is 46.9. The Balaban J connectivity index is 1.05. The highest BCUT2D eigenvalue weighted by molar-refractivity contribution is 6.90. The third-order valence-electron chi connectivity index (χ3n) is 22.0. The molecule has 0 N–H and O–H groups in total. The summed E-state index contributed by atoms with van der Waals surface area (Å²) in [5.74, 6) is 5.45. The van der Waals surface area contributed by atoms with E-state index in [2.05, 4.69) is 155 Å². The minimum absolute atomic E-state index is 0.0222. The molecule has 8 fully saturated rings. The summed E-state index contributed by atoms with van der Waals surface area (Å²) in [4.78, 5) is 0. The van der Waals surface area contributed by atoms with E-state index in [4.69, 9.17) is 0 Å². The molecule has 2 aliphatic heterocycles. The van der Waals surface area contributed by atoms with E-state index < -0.39 is 0 Å². The minimum atomic E-state index is -0.160. The van der Waals surface area contributed by atoms with Gasteiger partial charge in [0, 0.05) is 49.2 Å². The van der Waals surface area contributed by atoms with Crippen molar-refractivity contribution in [3.63, 3.8) is 0 Å². The highest BCUT2D eigenvalue weighted by atomic mass is 15.0. The Hall–Kier alpha value is -5.02. The number of hydrogen-bond donors (Lipinski definition) is 0. The fourth-order valence-electron chi connectivity index (χ4n) is 19.9.